The lowest BCUT2D eigenvalue weighted by Gasteiger charge is -2.12. The predicted molar refractivity (Wildman–Crippen MR) is 76.5 cm³/mol. The number of rotatable bonds is 4. The van der Waals surface area contributed by atoms with Crippen LogP contribution in [0.25, 0.3) is 0 Å². The van der Waals surface area contributed by atoms with Crippen molar-refractivity contribution in [1.29, 1.82) is 0 Å². The van der Waals surface area contributed by atoms with Gasteiger partial charge in [0.2, 0.25) is 0 Å². The average Bonchev–Trinajstić information content (AvgIpc) is 2.41. The van der Waals surface area contributed by atoms with Crippen LogP contribution in [0, 0.1) is 12.7 Å². The summed E-state index contributed by atoms with van der Waals surface area (Å²) in [4.78, 5) is 0. The molecule has 0 spiro atoms. The minimum Gasteiger partial charge on any atom is -0.495 e. The molecule has 0 heterocycles. The van der Waals surface area contributed by atoms with Gasteiger partial charge in [0.25, 0.3) is 0 Å². The maximum absolute atomic E-state index is 13.3. The molecule has 19 heavy (non-hydrogen) atoms. The van der Waals surface area contributed by atoms with Crippen molar-refractivity contribution in [1.82, 2.24) is 0 Å². The summed E-state index contributed by atoms with van der Waals surface area (Å²) in [5.41, 5.74) is 2.83. The lowest BCUT2D eigenvalue weighted by Crippen LogP contribution is -2.02. The van der Waals surface area contributed by atoms with E-state index in [1.807, 2.05) is 25.1 Å². The number of ether oxygens (including phenoxy) is 1. The van der Waals surface area contributed by atoms with Crippen molar-refractivity contribution >= 4 is 17.3 Å². The van der Waals surface area contributed by atoms with Crippen LogP contribution in [-0.2, 0) is 6.54 Å². The third-order valence-electron chi connectivity index (χ3n) is 2.82. The van der Waals surface area contributed by atoms with Crippen LogP contribution < -0.4 is 10.1 Å². The Labute approximate surface area is 117 Å². The van der Waals surface area contributed by atoms with Crippen LogP contribution in [0.3, 0.4) is 0 Å². The SMILES string of the molecule is COc1cc(C)ccc1NCc1ccc(Cl)c(F)c1. The van der Waals surface area contributed by atoms with Gasteiger partial charge in [-0.05, 0) is 42.3 Å². The van der Waals surface area contributed by atoms with Crippen molar-refractivity contribution in [2.24, 2.45) is 0 Å². The van der Waals surface area contributed by atoms with Gasteiger partial charge in [-0.15, -0.1) is 0 Å². The second-order valence-corrected chi connectivity index (χ2v) is 4.71. The number of aryl methyl sites for hydroxylation is 1. The van der Waals surface area contributed by atoms with E-state index < -0.39 is 5.82 Å². The molecule has 2 nitrogen and oxygen atoms in total. The first-order chi connectivity index (χ1) is 9.10. The first-order valence-electron chi connectivity index (χ1n) is 5.92. The smallest absolute Gasteiger partial charge is 0.142 e. The van der Waals surface area contributed by atoms with E-state index in [0.29, 0.717) is 6.54 Å². The Morgan fingerprint density at radius 3 is 2.68 bits per heavy atom. The van der Waals surface area contributed by atoms with Crippen LogP contribution in [0.2, 0.25) is 5.02 Å². The summed E-state index contributed by atoms with van der Waals surface area (Å²) in [5, 5.41) is 3.36. The van der Waals surface area contributed by atoms with E-state index in [0.717, 1.165) is 22.6 Å². The molecule has 0 radical (unpaired) electrons. The largest absolute Gasteiger partial charge is 0.495 e. The summed E-state index contributed by atoms with van der Waals surface area (Å²) in [6.45, 7) is 2.51. The molecular formula is C15H15ClFNO. The molecule has 0 aliphatic rings. The summed E-state index contributed by atoms with van der Waals surface area (Å²) in [6, 6.07) is 10.7. The molecule has 0 aliphatic carbocycles. The first kappa shape index (κ1) is 13.7. The molecule has 2 aromatic rings. The van der Waals surface area contributed by atoms with Gasteiger partial charge in [-0.25, -0.2) is 4.39 Å². The molecule has 0 unspecified atom stereocenters. The molecule has 100 valence electrons. The highest BCUT2D eigenvalue weighted by Gasteiger charge is 2.04. The zero-order chi connectivity index (χ0) is 13.8. The second-order valence-electron chi connectivity index (χ2n) is 4.31. The van der Waals surface area contributed by atoms with E-state index in [-0.39, 0.29) is 5.02 Å². The normalized spacial score (nSPS) is 10.3. The lowest BCUT2D eigenvalue weighted by molar-refractivity contribution is 0.416. The molecule has 2 rings (SSSR count). The number of hydrogen-bond acceptors (Lipinski definition) is 2. The van der Waals surface area contributed by atoms with Crippen molar-refractivity contribution in [3.05, 3.63) is 58.4 Å². The minimum atomic E-state index is -0.406. The Morgan fingerprint density at radius 1 is 1.21 bits per heavy atom. The number of benzene rings is 2. The molecule has 0 aliphatic heterocycles. The van der Waals surface area contributed by atoms with Crippen molar-refractivity contribution in [2.75, 3.05) is 12.4 Å². The quantitative estimate of drug-likeness (QED) is 0.895. The van der Waals surface area contributed by atoms with E-state index in [2.05, 4.69) is 5.32 Å². The van der Waals surface area contributed by atoms with E-state index in [4.69, 9.17) is 16.3 Å². The van der Waals surface area contributed by atoms with Gasteiger partial charge in [-0.3, -0.25) is 0 Å². The van der Waals surface area contributed by atoms with Gasteiger partial charge < -0.3 is 10.1 Å². The Kier molecular flexibility index (Phi) is 4.27. The Bertz CT molecular complexity index is 586. The van der Waals surface area contributed by atoms with Crippen molar-refractivity contribution in [3.63, 3.8) is 0 Å². The van der Waals surface area contributed by atoms with Crippen LogP contribution in [0.15, 0.2) is 36.4 Å². The number of nitrogens with one attached hydrogen (secondary N) is 1. The van der Waals surface area contributed by atoms with Gasteiger partial charge in [0.15, 0.2) is 0 Å². The van der Waals surface area contributed by atoms with E-state index in [1.165, 1.54) is 6.07 Å². The molecule has 0 saturated heterocycles. The molecule has 4 heteroatoms. The Morgan fingerprint density at radius 2 is 2.00 bits per heavy atom. The Hall–Kier alpha value is -1.74. The van der Waals surface area contributed by atoms with Crippen LogP contribution in [-0.4, -0.2) is 7.11 Å². The maximum Gasteiger partial charge on any atom is 0.142 e. The number of hydrogen-bond donors (Lipinski definition) is 1. The highest BCUT2D eigenvalue weighted by atomic mass is 35.5. The van der Waals surface area contributed by atoms with E-state index in [9.17, 15) is 4.39 Å². The Balaban J connectivity index is 2.12. The van der Waals surface area contributed by atoms with Crippen molar-refractivity contribution in [2.45, 2.75) is 13.5 Å². The molecule has 0 saturated carbocycles. The fraction of sp³-hybridized carbons (Fsp3) is 0.200. The maximum atomic E-state index is 13.3. The molecule has 0 atom stereocenters. The zero-order valence-electron chi connectivity index (χ0n) is 10.8. The molecule has 0 bridgehead atoms. The van der Waals surface area contributed by atoms with Gasteiger partial charge in [0.05, 0.1) is 17.8 Å². The first-order valence-corrected chi connectivity index (χ1v) is 6.30. The third kappa shape index (κ3) is 3.38. The van der Waals surface area contributed by atoms with E-state index in [1.54, 1.807) is 19.2 Å². The fourth-order valence-corrected chi connectivity index (χ4v) is 1.91. The number of halogens is 2. The van der Waals surface area contributed by atoms with Gasteiger partial charge in [-0.2, -0.15) is 0 Å². The van der Waals surface area contributed by atoms with Gasteiger partial charge in [0.1, 0.15) is 11.6 Å². The lowest BCUT2D eigenvalue weighted by atomic mass is 10.2. The summed E-state index contributed by atoms with van der Waals surface area (Å²) >= 11 is 5.65. The standard InChI is InChI=1S/C15H15ClFNO/c1-10-3-6-14(15(7-10)19-2)18-9-11-4-5-12(16)13(17)8-11/h3-8,18H,9H2,1-2H3. The zero-order valence-corrected chi connectivity index (χ0v) is 11.6. The van der Waals surface area contributed by atoms with E-state index >= 15 is 0 Å². The summed E-state index contributed by atoms with van der Waals surface area (Å²) in [5.74, 6) is 0.367. The molecule has 1 N–H and O–H groups in total. The summed E-state index contributed by atoms with van der Waals surface area (Å²) < 4.78 is 18.6. The van der Waals surface area contributed by atoms with Crippen molar-refractivity contribution < 1.29 is 9.13 Å². The van der Waals surface area contributed by atoms with Gasteiger partial charge in [-0.1, -0.05) is 23.7 Å². The third-order valence-corrected chi connectivity index (χ3v) is 3.13. The van der Waals surface area contributed by atoms with Crippen LogP contribution >= 0.6 is 11.6 Å². The second kappa shape index (κ2) is 5.93. The minimum absolute atomic E-state index is 0.136. The summed E-state index contributed by atoms with van der Waals surface area (Å²) in [6.07, 6.45) is 0. The number of methoxy groups -OCH3 is 1. The molecular weight excluding hydrogens is 265 g/mol. The molecule has 0 aromatic heterocycles. The van der Waals surface area contributed by atoms with Crippen molar-refractivity contribution in [3.8, 4) is 5.75 Å². The highest BCUT2D eigenvalue weighted by molar-refractivity contribution is 6.30. The molecule has 0 amide bonds. The summed E-state index contributed by atoms with van der Waals surface area (Å²) in [7, 11) is 1.63. The monoisotopic (exact) mass is 279 g/mol. The number of anilines is 1. The van der Waals surface area contributed by atoms with Crippen LogP contribution in [0.1, 0.15) is 11.1 Å². The fourth-order valence-electron chi connectivity index (χ4n) is 1.79. The highest BCUT2D eigenvalue weighted by Crippen LogP contribution is 2.26. The van der Waals surface area contributed by atoms with Crippen LogP contribution in [0.5, 0.6) is 5.75 Å². The molecule has 0 fully saturated rings. The van der Waals surface area contributed by atoms with Gasteiger partial charge in [0, 0.05) is 6.54 Å². The van der Waals surface area contributed by atoms with Gasteiger partial charge >= 0.3 is 0 Å². The molecule has 2 aromatic carbocycles. The predicted octanol–water partition coefficient (Wildman–Crippen LogP) is 4.41. The van der Waals surface area contributed by atoms with Crippen LogP contribution in [0.4, 0.5) is 10.1 Å². The average molecular weight is 280 g/mol. The topological polar surface area (TPSA) is 21.3 Å².